The molecule has 2 aromatic carbocycles. The fourth-order valence-corrected chi connectivity index (χ4v) is 4.11. The summed E-state index contributed by atoms with van der Waals surface area (Å²) < 4.78 is 21.3. The molecule has 9 nitrogen and oxygen atoms in total. The highest BCUT2D eigenvalue weighted by Crippen LogP contribution is 2.35. The average Bonchev–Trinajstić information content (AvgIpc) is 2.82. The number of phosphoric ester groups is 1. The summed E-state index contributed by atoms with van der Waals surface area (Å²) in [7, 11) is -4.71. The van der Waals surface area contributed by atoms with Crippen LogP contribution < -0.4 is 5.32 Å². The maximum atomic E-state index is 13.1. The van der Waals surface area contributed by atoms with Crippen LogP contribution in [0, 0.1) is 0 Å². The van der Waals surface area contributed by atoms with E-state index in [9.17, 15) is 14.2 Å². The van der Waals surface area contributed by atoms with E-state index >= 15 is 0 Å². The van der Waals surface area contributed by atoms with Gasteiger partial charge in [0, 0.05) is 6.54 Å². The first-order valence-electron chi connectivity index (χ1n) is 10.8. The Kier molecular flexibility index (Phi) is 9.03. The quantitative estimate of drug-likeness (QED) is 0.375. The molecule has 0 bridgehead atoms. The Morgan fingerprint density at radius 3 is 2.30 bits per heavy atom. The van der Waals surface area contributed by atoms with Gasteiger partial charge in [0.05, 0.1) is 12.6 Å². The van der Waals surface area contributed by atoms with E-state index in [0.717, 1.165) is 24.0 Å². The summed E-state index contributed by atoms with van der Waals surface area (Å²) >= 11 is 0. The van der Waals surface area contributed by atoms with Gasteiger partial charge >= 0.3 is 19.8 Å². The van der Waals surface area contributed by atoms with Crippen LogP contribution in [-0.4, -0.2) is 51.9 Å². The third kappa shape index (κ3) is 8.29. The summed E-state index contributed by atoms with van der Waals surface area (Å²) in [5, 5.41) is 2.78. The highest BCUT2D eigenvalue weighted by molar-refractivity contribution is 7.46. The van der Waals surface area contributed by atoms with Crippen LogP contribution in [0.1, 0.15) is 30.4 Å². The van der Waals surface area contributed by atoms with E-state index in [1.807, 2.05) is 60.7 Å². The molecule has 3 rings (SSSR count). The van der Waals surface area contributed by atoms with Crippen molar-refractivity contribution >= 4 is 19.8 Å². The number of nitrogens with one attached hydrogen (secondary N) is 1. The molecule has 0 aromatic heterocycles. The van der Waals surface area contributed by atoms with Crippen molar-refractivity contribution < 1.29 is 33.2 Å². The van der Waals surface area contributed by atoms with Gasteiger partial charge in [0.1, 0.15) is 12.6 Å². The number of likely N-dealkylation sites (tertiary alicyclic amines) is 1. The van der Waals surface area contributed by atoms with Gasteiger partial charge in [-0.3, -0.25) is 4.52 Å². The van der Waals surface area contributed by atoms with Crippen LogP contribution in [-0.2, 0) is 31.6 Å². The minimum atomic E-state index is -4.71. The van der Waals surface area contributed by atoms with Gasteiger partial charge in [-0.1, -0.05) is 60.7 Å². The predicted molar refractivity (Wildman–Crippen MR) is 121 cm³/mol. The van der Waals surface area contributed by atoms with Crippen molar-refractivity contribution in [2.24, 2.45) is 0 Å². The third-order valence-corrected chi connectivity index (χ3v) is 5.84. The van der Waals surface area contributed by atoms with Crippen LogP contribution in [0.4, 0.5) is 4.79 Å². The number of carbonyl (C=O) groups is 2. The van der Waals surface area contributed by atoms with Crippen LogP contribution in [0.25, 0.3) is 0 Å². The largest absolute Gasteiger partial charge is 0.469 e. The summed E-state index contributed by atoms with van der Waals surface area (Å²) in [6.45, 7) is 0.134. The lowest BCUT2D eigenvalue weighted by Crippen LogP contribution is -2.55. The van der Waals surface area contributed by atoms with Gasteiger partial charge < -0.3 is 24.7 Å². The Bertz CT molecular complexity index is 952. The number of urea groups is 1. The van der Waals surface area contributed by atoms with Gasteiger partial charge in [-0.15, -0.1) is 0 Å². The molecule has 0 radical (unpaired) electrons. The second-order valence-corrected chi connectivity index (χ2v) is 9.16. The van der Waals surface area contributed by atoms with Gasteiger partial charge in [0.25, 0.3) is 0 Å². The number of benzene rings is 2. The number of piperidine rings is 1. The molecule has 2 aromatic rings. The molecule has 1 saturated heterocycles. The van der Waals surface area contributed by atoms with E-state index in [0.29, 0.717) is 19.4 Å². The predicted octanol–water partition coefficient (Wildman–Crippen LogP) is 3.01. The Labute approximate surface area is 192 Å². The number of esters is 1. The van der Waals surface area contributed by atoms with E-state index in [4.69, 9.17) is 14.5 Å². The van der Waals surface area contributed by atoms with Crippen LogP contribution in [0.2, 0.25) is 0 Å². The number of carbonyl (C=O) groups excluding carboxylic acids is 2. The maximum Gasteiger partial charge on any atom is 0.469 e. The highest BCUT2D eigenvalue weighted by atomic mass is 31.2. The minimum absolute atomic E-state index is 0.123. The lowest BCUT2D eigenvalue weighted by molar-refractivity contribution is -0.151. The zero-order chi connectivity index (χ0) is 23.7. The summed E-state index contributed by atoms with van der Waals surface area (Å²) in [6, 6.07) is 16.6. The van der Waals surface area contributed by atoms with Crippen molar-refractivity contribution in [1.29, 1.82) is 0 Å². The molecule has 10 heteroatoms. The minimum Gasteiger partial charge on any atom is -0.459 e. The Hall–Kier alpha value is -2.71. The number of hydrogen-bond acceptors (Lipinski definition) is 5. The normalized spacial score (nSPS) is 17.3. The van der Waals surface area contributed by atoms with Gasteiger partial charge in [-0.25, -0.2) is 14.2 Å². The van der Waals surface area contributed by atoms with Crippen LogP contribution >= 0.6 is 7.82 Å². The number of amides is 2. The third-order valence-electron chi connectivity index (χ3n) is 5.36. The van der Waals surface area contributed by atoms with E-state index in [1.165, 1.54) is 4.90 Å². The van der Waals surface area contributed by atoms with Gasteiger partial charge in [-0.2, -0.15) is 0 Å². The first-order valence-corrected chi connectivity index (χ1v) is 12.4. The standard InChI is InChI=1S/C23H29N2O7P/c26-22(31-16-19-11-5-2-6-12-19)21-13-7-8-14-25(21)23(27)24-20(17-32-33(28,29)30)15-18-9-3-1-4-10-18/h1-6,9-12,20-21H,7-8,13-17H2,(H,24,27)(H2,28,29,30)/t20-,21+/m1/s1. The van der Waals surface area contributed by atoms with Crippen molar-refractivity contribution in [1.82, 2.24) is 10.2 Å². The van der Waals surface area contributed by atoms with E-state index in [1.54, 1.807) is 0 Å². The van der Waals surface area contributed by atoms with Crippen LogP contribution in [0.5, 0.6) is 0 Å². The first-order chi connectivity index (χ1) is 15.8. The monoisotopic (exact) mass is 476 g/mol. The van der Waals surface area contributed by atoms with Crippen molar-refractivity contribution in [3.8, 4) is 0 Å². The molecule has 1 aliphatic rings. The zero-order valence-electron chi connectivity index (χ0n) is 18.2. The van der Waals surface area contributed by atoms with Crippen molar-refractivity contribution in [2.45, 2.75) is 44.4 Å². The van der Waals surface area contributed by atoms with E-state index < -0.39 is 31.9 Å². The SMILES string of the molecule is O=C(OCc1ccccc1)[C@@H]1CCCCN1C(=O)N[C@@H](COP(=O)(O)O)Cc1ccccc1. The molecule has 178 valence electrons. The smallest absolute Gasteiger partial charge is 0.459 e. The lowest BCUT2D eigenvalue weighted by atomic mass is 10.0. The molecule has 1 fully saturated rings. The molecule has 2 atom stereocenters. The number of nitrogens with zero attached hydrogens (tertiary/aromatic N) is 1. The molecular weight excluding hydrogens is 447 g/mol. The van der Waals surface area contributed by atoms with Crippen molar-refractivity contribution in [3.63, 3.8) is 0 Å². The topological polar surface area (TPSA) is 125 Å². The van der Waals surface area contributed by atoms with E-state index in [2.05, 4.69) is 9.84 Å². The molecule has 2 amide bonds. The fraction of sp³-hybridized carbons (Fsp3) is 0.391. The van der Waals surface area contributed by atoms with Crippen LogP contribution in [0.15, 0.2) is 60.7 Å². The summed E-state index contributed by atoms with van der Waals surface area (Å²) in [5.74, 6) is -0.472. The van der Waals surface area contributed by atoms with Gasteiger partial charge in [-0.05, 0) is 36.8 Å². The highest BCUT2D eigenvalue weighted by Gasteiger charge is 2.34. The molecule has 0 saturated carbocycles. The molecule has 0 spiro atoms. The Morgan fingerprint density at radius 2 is 1.67 bits per heavy atom. The molecule has 33 heavy (non-hydrogen) atoms. The van der Waals surface area contributed by atoms with Gasteiger partial charge in [0.2, 0.25) is 0 Å². The van der Waals surface area contributed by atoms with Crippen molar-refractivity contribution in [3.05, 3.63) is 71.8 Å². The van der Waals surface area contributed by atoms with Crippen LogP contribution in [0.3, 0.4) is 0 Å². The summed E-state index contributed by atoms with van der Waals surface area (Å²) in [5.41, 5.74) is 1.73. The first kappa shape index (κ1) is 24.9. The number of phosphoric acid groups is 1. The summed E-state index contributed by atoms with van der Waals surface area (Å²) in [4.78, 5) is 45.4. The second kappa shape index (κ2) is 12.0. The molecule has 3 N–H and O–H groups in total. The second-order valence-electron chi connectivity index (χ2n) is 7.92. The average molecular weight is 476 g/mol. The van der Waals surface area contributed by atoms with E-state index in [-0.39, 0.29) is 13.2 Å². The molecule has 1 heterocycles. The fourth-order valence-electron chi connectivity index (χ4n) is 3.74. The molecular formula is C23H29N2O7P. The van der Waals surface area contributed by atoms with Gasteiger partial charge in [0.15, 0.2) is 0 Å². The maximum absolute atomic E-state index is 13.1. The number of ether oxygens (including phenoxy) is 1. The Morgan fingerprint density at radius 1 is 1.03 bits per heavy atom. The molecule has 0 aliphatic carbocycles. The molecule has 1 aliphatic heterocycles. The Balaban J connectivity index is 1.64. The lowest BCUT2D eigenvalue weighted by Gasteiger charge is -2.35. The number of rotatable bonds is 9. The molecule has 0 unspecified atom stereocenters. The zero-order valence-corrected chi connectivity index (χ0v) is 19.1. The number of hydrogen-bond donors (Lipinski definition) is 3. The van der Waals surface area contributed by atoms with Crippen molar-refractivity contribution in [2.75, 3.05) is 13.2 Å². The summed E-state index contributed by atoms with van der Waals surface area (Å²) in [6.07, 6.45) is 2.34.